The first-order valence-electron chi connectivity index (χ1n) is 10.4. The number of fused-ring (bicyclic) bond motifs is 1. The Hall–Kier alpha value is -2.43. The monoisotopic (exact) mass is 444 g/mol. The van der Waals surface area contributed by atoms with Gasteiger partial charge in [0.15, 0.2) is 5.82 Å². The Bertz CT molecular complexity index is 769. The third-order valence-corrected chi connectivity index (χ3v) is 5.90. The van der Waals surface area contributed by atoms with Crippen molar-refractivity contribution < 1.29 is 32.6 Å². The molecule has 0 spiro atoms. The molecule has 3 heterocycles. The van der Waals surface area contributed by atoms with Crippen LogP contribution in [0.25, 0.3) is 0 Å². The van der Waals surface area contributed by atoms with Gasteiger partial charge in [-0.05, 0) is 50.7 Å². The number of ether oxygens (including phenoxy) is 1. The summed E-state index contributed by atoms with van der Waals surface area (Å²) >= 11 is 0. The molecule has 3 atom stereocenters. The Morgan fingerprint density at radius 3 is 2.45 bits per heavy atom. The molecule has 4 rings (SSSR count). The molecule has 31 heavy (non-hydrogen) atoms. The molecule has 1 aromatic heterocycles. The van der Waals surface area contributed by atoms with Crippen LogP contribution in [0.1, 0.15) is 44.2 Å². The highest BCUT2D eigenvalue weighted by Gasteiger charge is 2.42. The molecule has 2 saturated heterocycles. The van der Waals surface area contributed by atoms with Crippen molar-refractivity contribution in [3.05, 3.63) is 17.8 Å². The molecular formula is C20H27F3N4O4. The first kappa shape index (κ1) is 23.2. The van der Waals surface area contributed by atoms with E-state index >= 15 is 0 Å². The zero-order valence-corrected chi connectivity index (χ0v) is 17.3. The number of nitrogens with zero attached hydrogens (tertiary/aromatic N) is 3. The number of rotatable bonds is 3. The van der Waals surface area contributed by atoms with Gasteiger partial charge in [-0.3, -0.25) is 4.79 Å². The lowest BCUT2D eigenvalue weighted by atomic mass is 9.91. The smallest absolute Gasteiger partial charge is 0.475 e. The number of hydrogen-bond acceptors (Lipinski definition) is 6. The van der Waals surface area contributed by atoms with Gasteiger partial charge in [0.25, 0.3) is 0 Å². The normalized spacial score (nSPS) is 26.1. The van der Waals surface area contributed by atoms with Gasteiger partial charge >= 0.3 is 12.1 Å². The van der Waals surface area contributed by atoms with E-state index < -0.39 is 12.1 Å². The summed E-state index contributed by atoms with van der Waals surface area (Å²) in [5.41, 5.74) is 0.925. The minimum Gasteiger partial charge on any atom is -0.475 e. The van der Waals surface area contributed by atoms with Crippen LogP contribution < -0.4 is 10.2 Å². The van der Waals surface area contributed by atoms with Crippen LogP contribution in [0, 0.1) is 12.8 Å². The molecule has 0 aromatic carbocycles. The summed E-state index contributed by atoms with van der Waals surface area (Å²) in [6.07, 6.45) is 1.37. The number of anilines is 1. The van der Waals surface area contributed by atoms with Crippen LogP contribution in [-0.2, 0) is 14.3 Å². The zero-order valence-electron chi connectivity index (χ0n) is 17.3. The Morgan fingerprint density at radius 2 is 1.87 bits per heavy atom. The second-order valence-corrected chi connectivity index (χ2v) is 8.22. The Morgan fingerprint density at radius 1 is 1.19 bits per heavy atom. The zero-order chi connectivity index (χ0) is 22.6. The summed E-state index contributed by atoms with van der Waals surface area (Å²) in [6, 6.07) is 4.37. The first-order valence-corrected chi connectivity index (χ1v) is 10.4. The fourth-order valence-electron chi connectivity index (χ4n) is 4.23. The van der Waals surface area contributed by atoms with Gasteiger partial charge in [0.2, 0.25) is 5.91 Å². The van der Waals surface area contributed by atoms with Gasteiger partial charge in [0.05, 0.1) is 11.8 Å². The highest BCUT2D eigenvalue weighted by molar-refractivity contribution is 5.81. The first-order chi connectivity index (χ1) is 14.6. The predicted octanol–water partition coefficient (Wildman–Crippen LogP) is 2.46. The van der Waals surface area contributed by atoms with E-state index in [9.17, 15) is 18.0 Å². The maximum Gasteiger partial charge on any atom is 0.490 e. The molecule has 172 valence electrons. The van der Waals surface area contributed by atoms with E-state index in [4.69, 9.17) is 14.6 Å². The summed E-state index contributed by atoms with van der Waals surface area (Å²) in [7, 11) is 0. The number of piperidine rings is 1. The highest BCUT2D eigenvalue weighted by atomic mass is 19.4. The molecule has 0 bridgehead atoms. The second kappa shape index (κ2) is 9.80. The van der Waals surface area contributed by atoms with Crippen molar-refractivity contribution in [1.29, 1.82) is 0 Å². The van der Waals surface area contributed by atoms with Crippen molar-refractivity contribution in [2.24, 2.45) is 5.92 Å². The lowest BCUT2D eigenvalue weighted by molar-refractivity contribution is -0.192. The Balaban J connectivity index is 0.000000339. The van der Waals surface area contributed by atoms with E-state index in [1.807, 2.05) is 19.1 Å². The topological polar surface area (TPSA) is 105 Å². The number of nitrogens with one attached hydrogen (secondary N) is 1. The highest BCUT2D eigenvalue weighted by Crippen LogP contribution is 2.34. The molecule has 2 N–H and O–H groups in total. The number of carbonyl (C=O) groups excluding carboxylic acids is 1. The third-order valence-electron chi connectivity index (χ3n) is 5.90. The number of halogens is 3. The maximum atomic E-state index is 12.5. The molecule has 1 aliphatic carbocycles. The third kappa shape index (κ3) is 6.28. The van der Waals surface area contributed by atoms with Crippen molar-refractivity contribution in [2.75, 3.05) is 18.0 Å². The number of aryl methyl sites for hydroxylation is 1. The molecule has 1 aromatic rings. The van der Waals surface area contributed by atoms with Crippen LogP contribution in [-0.4, -0.2) is 64.7 Å². The fraction of sp³-hybridized carbons (Fsp3) is 0.700. The molecule has 11 heteroatoms. The maximum absolute atomic E-state index is 12.5. The number of aromatic nitrogens is 2. The number of carbonyl (C=O) groups is 2. The molecule has 1 saturated carbocycles. The Kier molecular flexibility index (Phi) is 7.34. The number of hydrogen-bond donors (Lipinski definition) is 2. The molecule has 2 aliphatic heterocycles. The summed E-state index contributed by atoms with van der Waals surface area (Å²) < 4.78 is 37.8. The van der Waals surface area contributed by atoms with Crippen molar-refractivity contribution in [1.82, 2.24) is 15.5 Å². The van der Waals surface area contributed by atoms with Crippen molar-refractivity contribution in [2.45, 2.75) is 69.9 Å². The number of aliphatic carboxylic acids is 1. The molecule has 1 amide bonds. The minimum absolute atomic E-state index is 0.0953. The summed E-state index contributed by atoms with van der Waals surface area (Å²) in [6.45, 7) is 3.70. The fourth-order valence-corrected chi connectivity index (χ4v) is 4.23. The molecular weight excluding hydrogens is 417 g/mol. The van der Waals surface area contributed by atoms with Gasteiger partial charge in [0, 0.05) is 19.1 Å². The second-order valence-electron chi connectivity index (χ2n) is 8.22. The van der Waals surface area contributed by atoms with E-state index in [0.29, 0.717) is 12.0 Å². The summed E-state index contributed by atoms with van der Waals surface area (Å²) in [4.78, 5) is 23.6. The lowest BCUT2D eigenvalue weighted by Crippen LogP contribution is -2.43. The number of alkyl halides is 3. The van der Waals surface area contributed by atoms with Gasteiger partial charge in [-0.1, -0.05) is 12.8 Å². The minimum atomic E-state index is -5.08. The van der Waals surface area contributed by atoms with Gasteiger partial charge in [-0.15, -0.1) is 5.10 Å². The predicted molar refractivity (Wildman–Crippen MR) is 104 cm³/mol. The van der Waals surface area contributed by atoms with Crippen LogP contribution in [0.4, 0.5) is 19.0 Å². The van der Waals surface area contributed by atoms with E-state index in [1.54, 1.807) is 0 Å². The average molecular weight is 444 g/mol. The summed E-state index contributed by atoms with van der Waals surface area (Å²) in [5.74, 6) is -1.27. The molecule has 0 radical (unpaired) electrons. The van der Waals surface area contributed by atoms with Gasteiger partial charge in [0.1, 0.15) is 6.10 Å². The van der Waals surface area contributed by atoms with Crippen molar-refractivity contribution in [3.63, 3.8) is 0 Å². The van der Waals surface area contributed by atoms with Gasteiger partial charge in [-0.25, -0.2) is 4.79 Å². The van der Waals surface area contributed by atoms with E-state index in [-0.39, 0.29) is 18.1 Å². The van der Waals surface area contributed by atoms with Crippen molar-refractivity contribution in [3.8, 4) is 0 Å². The molecule has 8 nitrogen and oxygen atoms in total. The van der Waals surface area contributed by atoms with Crippen molar-refractivity contribution >= 4 is 17.7 Å². The van der Waals surface area contributed by atoms with Crippen LogP contribution in [0.2, 0.25) is 0 Å². The van der Waals surface area contributed by atoms with Crippen LogP contribution in [0.3, 0.4) is 0 Å². The SMILES string of the molecule is Cc1ccc(N2CC[C@H]3C[C@H](C(=O)NC4CCCC4)O[C@@H]3C2)nn1.O=C(O)C(F)(F)F. The van der Waals surface area contributed by atoms with E-state index in [0.717, 1.165) is 50.3 Å². The average Bonchev–Trinajstić information content (AvgIpc) is 3.37. The quantitative estimate of drug-likeness (QED) is 0.738. The molecule has 3 fully saturated rings. The molecule has 3 aliphatic rings. The van der Waals surface area contributed by atoms with Crippen LogP contribution in [0.5, 0.6) is 0 Å². The van der Waals surface area contributed by atoms with E-state index in [1.165, 1.54) is 12.8 Å². The lowest BCUT2D eigenvalue weighted by Gasteiger charge is -2.34. The van der Waals surface area contributed by atoms with Crippen LogP contribution in [0.15, 0.2) is 12.1 Å². The molecule has 0 unspecified atom stereocenters. The van der Waals surface area contributed by atoms with E-state index in [2.05, 4.69) is 20.4 Å². The largest absolute Gasteiger partial charge is 0.490 e. The Labute approximate surface area is 178 Å². The van der Waals surface area contributed by atoms with Gasteiger partial charge in [-0.2, -0.15) is 18.3 Å². The number of carboxylic acids is 1. The number of amides is 1. The van der Waals surface area contributed by atoms with Crippen LogP contribution >= 0.6 is 0 Å². The standard InChI is InChI=1S/C18H26N4O2.C2HF3O2/c1-12-6-7-17(21-20-12)22-9-8-13-10-15(24-16(13)11-22)18(23)19-14-4-2-3-5-14;3-2(4,5)1(6)7/h6-7,13-16H,2-5,8-11H2,1H3,(H,19,23);(H,6,7)/t13-,15+,16+;/m0./s1. The number of carboxylic acid groups (broad SMARTS) is 1. The summed E-state index contributed by atoms with van der Waals surface area (Å²) in [5, 5.41) is 18.7. The van der Waals surface area contributed by atoms with Gasteiger partial charge < -0.3 is 20.1 Å².